The van der Waals surface area contributed by atoms with Crippen LogP contribution in [0.25, 0.3) is 0 Å². The van der Waals surface area contributed by atoms with Gasteiger partial charge in [-0.2, -0.15) is 0 Å². The second kappa shape index (κ2) is 6.63. The van der Waals surface area contributed by atoms with Crippen LogP contribution in [0.3, 0.4) is 0 Å². The van der Waals surface area contributed by atoms with E-state index in [1.165, 1.54) is 7.11 Å². The number of esters is 2. The molecule has 1 aromatic rings. The van der Waals surface area contributed by atoms with Crippen LogP contribution in [-0.4, -0.2) is 52.2 Å². The van der Waals surface area contributed by atoms with Crippen molar-refractivity contribution in [3.8, 4) is 11.5 Å². The van der Waals surface area contributed by atoms with Crippen molar-refractivity contribution in [2.75, 3.05) is 7.11 Å². The van der Waals surface area contributed by atoms with Crippen LogP contribution < -0.4 is 9.47 Å². The van der Waals surface area contributed by atoms with Gasteiger partial charge in [0.05, 0.1) is 13.2 Å². The lowest BCUT2D eigenvalue weighted by molar-refractivity contribution is -0.302. The minimum atomic E-state index is -1.70. The van der Waals surface area contributed by atoms with Crippen LogP contribution >= 0.6 is 0 Å². The molecule has 0 radical (unpaired) electrons. The Bertz CT molecular complexity index is 1080. The maximum atomic E-state index is 12.5. The summed E-state index contributed by atoms with van der Waals surface area (Å²) in [4.78, 5) is 25.0. The molecule has 0 aromatic heterocycles. The van der Waals surface area contributed by atoms with Crippen molar-refractivity contribution < 1.29 is 38.7 Å². The highest BCUT2D eigenvalue weighted by Gasteiger charge is 2.73. The molecule has 0 amide bonds. The molecule has 4 aliphatic rings. The molecular weight excluding hydrogens is 428 g/mol. The first-order valence-electron chi connectivity index (χ1n) is 11.5. The number of cyclic esters (lactones) is 2. The largest absolute Gasteiger partial charge is 0.495 e. The highest BCUT2D eigenvalue weighted by Crippen LogP contribution is 2.64. The summed E-state index contributed by atoms with van der Waals surface area (Å²) in [5.74, 6) is -0.0253. The number of carbonyl (C=O) groups is 2. The van der Waals surface area contributed by atoms with Crippen LogP contribution in [0, 0.1) is 18.3 Å². The van der Waals surface area contributed by atoms with Crippen molar-refractivity contribution in [3.05, 3.63) is 22.3 Å². The molecular formula is C25H32O8. The summed E-state index contributed by atoms with van der Waals surface area (Å²) in [5.41, 5.74) is -1.98. The number of carbonyl (C=O) groups excluding carboxylic acids is 2. The van der Waals surface area contributed by atoms with Gasteiger partial charge in [0.2, 0.25) is 0 Å². The lowest BCUT2D eigenvalue weighted by atomic mass is 9.46. The molecule has 180 valence electrons. The van der Waals surface area contributed by atoms with E-state index in [9.17, 15) is 19.8 Å². The maximum absolute atomic E-state index is 12.5. The predicted octanol–water partition coefficient (Wildman–Crippen LogP) is 2.60. The molecule has 1 aromatic carbocycles. The lowest BCUT2D eigenvalue weighted by Crippen LogP contribution is -2.76. The van der Waals surface area contributed by atoms with E-state index in [-0.39, 0.29) is 25.4 Å². The van der Waals surface area contributed by atoms with E-state index >= 15 is 0 Å². The van der Waals surface area contributed by atoms with Crippen molar-refractivity contribution in [2.45, 2.75) is 89.8 Å². The molecule has 1 saturated heterocycles. The molecule has 8 nitrogen and oxygen atoms in total. The Morgan fingerprint density at radius 2 is 1.79 bits per heavy atom. The Morgan fingerprint density at radius 3 is 2.45 bits per heavy atom. The summed E-state index contributed by atoms with van der Waals surface area (Å²) < 4.78 is 23.3. The number of ether oxygens (including phenoxy) is 4. The zero-order chi connectivity index (χ0) is 24.1. The molecule has 2 fully saturated rings. The van der Waals surface area contributed by atoms with Gasteiger partial charge in [0, 0.05) is 35.3 Å². The molecule has 3 aliphatic heterocycles. The van der Waals surface area contributed by atoms with Crippen LogP contribution in [0.4, 0.5) is 0 Å². The fraction of sp³-hybridized carbons (Fsp3) is 0.680. The van der Waals surface area contributed by atoms with Crippen molar-refractivity contribution in [2.24, 2.45) is 11.3 Å². The summed E-state index contributed by atoms with van der Waals surface area (Å²) in [6, 6.07) is 0. The average Bonchev–Trinajstić information content (AvgIpc) is 3.09. The fourth-order valence-corrected chi connectivity index (χ4v) is 7.31. The zero-order valence-corrected chi connectivity index (χ0v) is 20.0. The molecule has 1 aliphatic carbocycles. The molecule has 0 bridgehead atoms. The second-order valence-electron chi connectivity index (χ2n) is 11.0. The summed E-state index contributed by atoms with van der Waals surface area (Å²) in [6.45, 7) is 9.26. The minimum absolute atomic E-state index is 0.126. The molecule has 1 saturated carbocycles. The average molecular weight is 461 g/mol. The maximum Gasteiger partial charge on any atom is 0.342 e. The van der Waals surface area contributed by atoms with E-state index in [0.29, 0.717) is 29.9 Å². The third kappa shape index (κ3) is 2.59. The Kier molecular flexibility index (Phi) is 4.51. The van der Waals surface area contributed by atoms with Gasteiger partial charge in [0.1, 0.15) is 40.5 Å². The molecule has 0 unspecified atom stereocenters. The highest BCUT2D eigenvalue weighted by molar-refractivity contribution is 5.98. The van der Waals surface area contributed by atoms with Gasteiger partial charge >= 0.3 is 11.9 Å². The zero-order valence-electron chi connectivity index (χ0n) is 20.0. The monoisotopic (exact) mass is 460 g/mol. The first kappa shape index (κ1) is 22.5. The Labute approximate surface area is 193 Å². The molecule has 2 N–H and O–H groups in total. The summed E-state index contributed by atoms with van der Waals surface area (Å²) >= 11 is 0. The van der Waals surface area contributed by atoms with E-state index in [2.05, 4.69) is 0 Å². The molecule has 0 spiro atoms. The summed E-state index contributed by atoms with van der Waals surface area (Å²) in [6.07, 6.45) is -0.102. The van der Waals surface area contributed by atoms with Crippen molar-refractivity contribution in [3.63, 3.8) is 0 Å². The number of hydrogen-bond acceptors (Lipinski definition) is 8. The SMILES string of the molecule is COc1c2c(c(C)c3c1C(=O)OC3)O[C@@]1(C)C[C@@H](O)[C@]3(O)C(C)(C)OC(=O)CC[C@]3(C)[C@@H]1C2. The number of benzene rings is 1. The van der Waals surface area contributed by atoms with E-state index in [0.717, 1.165) is 16.7 Å². The number of aliphatic hydroxyl groups excluding tert-OH is 1. The second-order valence-corrected chi connectivity index (χ2v) is 11.0. The number of aliphatic hydroxyl groups is 2. The minimum Gasteiger partial charge on any atom is -0.495 e. The highest BCUT2D eigenvalue weighted by atomic mass is 16.6. The third-order valence-electron chi connectivity index (χ3n) is 8.96. The number of methoxy groups -OCH3 is 1. The summed E-state index contributed by atoms with van der Waals surface area (Å²) in [7, 11) is 1.52. The van der Waals surface area contributed by atoms with Gasteiger partial charge in [0.15, 0.2) is 0 Å². The van der Waals surface area contributed by atoms with Gasteiger partial charge in [-0.25, -0.2) is 4.79 Å². The lowest BCUT2D eigenvalue weighted by Gasteiger charge is -2.65. The van der Waals surface area contributed by atoms with Gasteiger partial charge in [-0.15, -0.1) is 0 Å². The molecule has 3 heterocycles. The van der Waals surface area contributed by atoms with Crippen LogP contribution in [-0.2, 0) is 27.3 Å². The van der Waals surface area contributed by atoms with Gasteiger partial charge < -0.3 is 29.2 Å². The Hall–Kier alpha value is -2.32. The third-order valence-corrected chi connectivity index (χ3v) is 8.96. The standard InChI is InChI=1S/C25H32O8/c1-12-14-11-31-21(28)18(14)20(30-6)13-9-15-23(4)8-7-17(27)32-22(2,3)25(23,29)16(26)10-24(15,5)33-19(12)13/h15-16,26,29H,7-11H2,1-6H3/t15-,16+,23+,24-,25-/m0/s1. The molecule has 5 rings (SSSR count). The first-order valence-corrected chi connectivity index (χ1v) is 11.5. The van der Waals surface area contributed by atoms with Crippen LogP contribution in [0.1, 0.15) is 74.0 Å². The van der Waals surface area contributed by atoms with Gasteiger partial charge in [-0.3, -0.25) is 4.79 Å². The van der Waals surface area contributed by atoms with Crippen molar-refractivity contribution >= 4 is 11.9 Å². The first-order chi connectivity index (χ1) is 15.3. The predicted molar refractivity (Wildman–Crippen MR) is 116 cm³/mol. The van der Waals surface area contributed by atoms with Gasteiger partial charge in [0.25, 0.3) is 0 Å². The quantitative estimate of drug-likeness (QED) is 0.615. The van der Waals surface area contributed by atoms with Crippen LogP contribution in [0.5, 0.6) is 11.5 Å². The molecule has 5 atom stereocenters. The van der Waals surface area contributed by atoms with E-state index in [1.54, 1.807) is 13.8 Å². The van der Waals surface area contributed by atoms with Crippen LogP contribution in [0.2, 0.25) is 0 Å². The van der Waals surface area contributed by atoms with Crippen molar-refractivity contribution in [1.82, 2.24) is 0 Å². The van der Waals surface area contributed by atoms with E-state index in [1.807, 2.05) is 20.8 Å². The normalized spacial score (nSPS) is 38.5. The Balaban J connectivity index is 1.73. The number of fused-ring (bicyclic) bond motifs is 5. The topological polar surface area (TPSA) is 112 Å². The smallest absolute Gasteiger partial charge is 0.342 e. The van der Waals surface area contributed by atoms with Gasteiger partial charge in [-0.05, 0) is 46.1 Å². The molecule has 8 heteroatoms. The molecule has 33 heavy (non-hydrogen) atoms. The fourth-order valence-electron chi connectivity index (χ4n) is 7.31. The van der Waals surface area contributed by atoms with Gasteiger partial charge in [-0.1, -0.05) is 6.92 Å². The van der Waals surface area contributed by atoms with Crippen LogP contribution in [0.15, 0.2) is 0 Å². The summed E-state index contributed by atoms with van der Waals surface area (Å²) in [5, 5.41) is 23.5. The Morgan fingerprint density at radius 1 is 1.09 bits per heavy atom. The van der Waals surface area contributed by atoms with Crippen molar-refractivity contribution in [1.29, 1.82) is 0 Å². The number of rotatable bonds is 1. The van der Waals surface area contributed by atoms with E-state index in [4.69, 9.17) is 18.9 Å². The number of hydrogen-bond donors (Lipinski definition) is 2. The van der Waals surface area contributed by atoms with E-state index < -0.39 is 40.3 Å².